The number of hydrogen-bond donors (Lipinski definition) is 1. The summed E-state index contributed by atoms with van der Waals surface area (Å²) < 4.78 is 0. The van der Waals surface area contributed by atoms with Crippen LogP contribution in [0.4, 0.5) is 0 Å². The highest BCUT2D eigenvalue weighted by molar-refractivity contribution is 7.11. The number of aromatic carboxylic acids is 1. The lowest BCUT2D eigenvalue weighted by atomic mass is 10.1. The Morgan fingerprint density at radius 1 is 1.32 bits per heavy atom. The Kier molecular flexibility index (Phi) is 4.52. The minimum Gasteiger partial charge on any atom is -0.476 e. The Hall–Kier alpha value is -1.43. The van der Waals surface area contributed by atoms with Crippen molar-refractivity contribution in [2.75, 3.05) is 7.05 Å². The Labute approximate surface area is 116 Å². The molecule has 19 heavy (non-hydrogen) atoms. The molecular formula is C13H18N2O3S. The third-order valence-corrected chi connectivity index (χ3v) is 4.43. The van der Waals surface area contributed by atoms with E-state index in [2.05, 4.69) is 4.98 Å². The van der Waals surface area contributed by atoms with Crippen LogP contribution in [-0.4, -0.2) is 40.0 Å². The number of nitrogens with zero attached hydrogens (tertiary/aromatic N) is 2. The molecule has 0 bridgehead atoms. The van der Waals surface area contributed by atoms with E-state index in [1.807, 2.05) is 0 Å². The average molecular weight is 282 g/mol. The zero-order valence-corrected chi connectivity index (χ0v) is 11.8. The SMILES string of the molecule is CN(C(=O)c1nc(C(=O)O)cs1)C1CCCCCC1. The molecule has 0 unspecified atom stereocenters. The second-order valence-electron chi connectivity index (χ2n) is 4.90. The quantitative estimate of drug-likeness (QED) is 0.865. The van der Waals surface area contributed by atoms with Gasteiger partial charge in [0.1, 0.15) is 0 Å². The number of carbonyl (C=O) groups excluding carboxylic acids is 1. The van der Waals surface area contributed by atoms with E-state index in [-0.39, 0.29) is 22.7 Å². The fraction of sp³-hybridized carbons (Fsp3) is 0.615. The Balaban J connectivity index is 2.06. The van der Waals surface area contributed by atoms with Crippen LogP contribution in [0.1, 0.15) is 58.8 Å². The van der Waals surface area contributed by atoms with Crippen LogP contribution < -0.4 is 0 Å². The lowest BCUT2D eigenvalue weighted by Crippen LogP contribution is -2.36. The highest BCUT2D eigenvalue weighted by Gasteiger charge is 2.24. The molecule has 1 saturated carbocycles. The van der Waals surface area contributed by atoms with Crippen LogP contribution in [0.25, 0.3) is 0 Å². The summed E-state index contributed by atoms with van der Waals surface area (Å²) >= 11 is 1.10. The molecule has 5 nitrogen and oxygen atoms in total. The van der Waals surface area contributed by atoms with Crippen molar-refractivity contribution in [2.45, 2.75) is 44.6 Å². The fourth-order valence-electron chi connectivity index (χ4n) is 2.43. The van der Waals surface area contributed by atoms with Gasteiger partial charge in [0.2, 0.25) is 0 Å². The van der Waals surface area contributed by atoms with E-state index in [4.69, 9.17) is 5.11 Å². The number of carboxylic acid groups (broad SMARTS) is 1. The summed E-state index contributed by atoms with van der Waals surface area (Å²) in [6, 6.07) is 0.257. The van der Waals surface area contributed by atoms with Crippen molar-refractivity contribution in [2.24, 2.45) is 0 Å². The standard InChI is InChI=1S/C13H18N2O3S/c1-15(9-6-4-2-3-5-7-9)12(16)11-14-10(8-19-11)13(17)18/h8-9H,2-7H2,1H3,(H,17,18). The number of amides is 1. The molecule has 0 radical (unpaired) electrons. The van der Waals surface area contributed by atoms with Gasteiger partial charge in [-0.2, -0.15) is 0 Å². The van der Waals surface area contributed by atoms with Gasteiger partial charge >= 0.3 is 5.97 Å². The van der Waals surface area contributed by atoms with Crippen LogP contribution in [0, 0.1) is 0 Å². The van der Waals surface area contributed by atoms with Gasteiger partial charge in [0.05, 0.1) is 0 Å². The van der Waals surface area contributed by atoms with Crippen molar-refractivity contribution in [3.63, 3.8) is 0 Å². The lowest BCUT2D eigenvalue weighted by Gasteiger charge is -2.26. The first-order valence-corrected chi connectivity index (χ1v) is 7.43. The molecule has 1 aliphatic carbocycles. The Morgan fingerprint density at radius 3 is 2.47 bits per heavy atom. The van der Waals surface area contributed by atoms with Gasteiger partial charge in [0, 0.05) is 18.5 Å². The number of carbonyl (C=O) groups is 2. The first-order chi connectivity index (χ1) is 9.09. The summed E-state index contributed by atoms with van der Waals surface area (Å²) in [5.41, 5.74) is -0.0531. The predicted octanol–water partition coefficient (Wildman–Crippen LogP) is 2.64. The molecule has 0 saturated heterocycles. The van der Waals surface area contributed by atoms with E-state index in [0.717, 1.165) is 37.0 Å². The topological polar surface area (TPSA) is 70.5 Å². The largest absolute Gasteiger partial charge is 0.476 e. The van der Waals surface area contributed by atoms with Gasteiger partial charge in [-0.05, 0) is 12.8 Å². The molecule has 1 N–H and O–H groups in total. The average Bonchev–Trinajstić information content (AvgIpc) is 2.73. The van der Waals surface area contributed by atoms with Gasteiger partial charge in [-0.15, -0.1) is 11.3 Å². The number of carboxylic acids is 1. The van der Waals surface area contributed by atoms with Gasteiger partial charge in [0.25, 0.3) is 5.91 Å². The minimum atomic E-state index is -1.09. The molecule has 2 rings (SSSR count). The molecule has 6 heteroatoms. The molecule has 1 aromatic rings. The summed E-state index contributed by atoms with van der Waals surface area (Å²) in [6.45, 7) is 0. The van der Waals surface area contributed by atoms with Crippen LogP contribution in [0.5, 0.6) is 0 Å². The van der Waals surface area contributed by atoms with Gasteiger partial charge in [-0.25, -0.2) is 9.78 Å². The maximum atomic E-state index is 12.3. The van der Waals surface area contributed by atoms with Crippen molar-refractivity contribution < 1.29 is 14.7 Å². The first-order valence-electron chi connectivity index (χ1n) is 6.55. The monoisotopic (exact) mass is 282 g/mol. The number of thiazole rings is 1. The molecule has 0 aromatic carbocycles. The predicted molar refractivity (Wildman–Crippen MR) is 72.7 cm³/mol. The van der Waals surface area contributed by atoms with E-state index >= 15 is 0 Å². The van der Waals surface area contributed by atoms with Crippen molar-refractivity contribution in [1.29, 1.82) is 0 Å². The van der Waals surface area contributed by atoms with Gasteiger partial charge < -0.3 is 10.0 Å². The van der Waals surface area contributed by atoms with E-state index in [0.29, 0.717) is 0 Å². The summed E-state index contributed by atoms with van der Waals surface area (Å²) in [5, 5.41) is 10.5. The van der Waals surface area contributed by atoms with Crippen LogP contribution in [0.2, 0.25) is 0 Å². The van der Waals surface area contributed by atoms with Crippen molar-refractivity contribution in [3.8, 4) is 0 Å². The highest BCUT2D eigenvalue weighted by atomic mass is 32.1. The van der Waals surface area contributed by atoms with Gasteiger partial charge in [-0.1, -0.05) is 25.7 Å². The lowest BCUT2D eigenvalue weighted by molar-refractivity contribution is 0.0690. The Morgan fingerprint density at radius 2 is 1.95 bits per heavy atom. The van der Waals surface area contributed by atoms with Crippen LogP contribution >= 0.6 is 11.3 Å². The summed E-state index contributed by atoms with van der Waals surface area (Å²) in [4.78, 5) is 28.7. The molecule has 104 valence electrons. The van der Waals surface area contributed by atoms with Crippen LogP contribution in [0.3, 0.4) is 0 Å². The van der Waals surface area contributed by atoms with Gasteiger partial charge in [0.15, 0.2) is 10.7 Å². The molecule has 1 heterocycles. The molecule has 1 fully saturated rings. The van der Waals surface area contributed by atoms with Crippen molar-refractivity contribution in [1.82, 2.24) is 9.88 Å². The zero-order valence-electron chi connectivity index (χ0n) is 11.0. The normalized spacial score (nSPS) is 16.9. The van der Waals surface area contributed by atoms with E-state index in [1.165, 1.54) is 18.2 Å². The third-order valence-electron chi connectivity index (χ3n) is 3.60. The van der Waals surface area contributed by atoms with Crippen molar-refractivity contribution in [3.05, 3.63) is 16.1 Å². The molecule has 1 aromatic heterocycles. The highest BCUT2D eigenvalue weighted by Crippen LogP contribution is 2.23. The van der Waals surface area contributed by atoms with Crippen LogP contribution in [-0.2, 0) is 0 Å². The number of aromatic nitrogens is 1. The summed E-state index contributed by atoms with van der Waals surface area (Å²) in [5.74, 6) is -1.25. The van der Waals surface area contributed by atoms with E-state index in [1.54, 1.807) is 11.9 Å². The fourth-order valence-corrected chi connectivity index (χ4v) is 3.20. The third kappa shape index (κ3) is 3.32. The van der Waals surface area contributed by atoms with Crippen LogP contribution in [0.15, 0.2) is 5.38 Å². The molecule has 0 atom stereocenters. The second-order valence-corrected chi connectivity index (χ2v) is 5.76. The molecule has 0 aliphatic heterocycles. The van der Waals surface area contributed by atoms with E-state index < -0.39 is 5.97 Å². The van der Waals surface area contributed by atoms with E-state index in [9.17, 15) is 9.59 Å². The summed E-state index contributed by atoms with van der Waals surface area (Å²) in [6.07, 6.45) is 6.83. The zero-order chi connectivity index (χ0) is 13.8. The Bertz CT molecular complexity index is 464. The number of hydrogen-bond acceptors (Lipinski definition) is 4. The van der Waals surface area contributed by atoms with Crippen molar-refractivity contribution >= 4 is 23.2 Å². The molecule has 1 amide bonds. The first kappa shape index (κ1) is 14.0. The minimum absolute atomic E-state index is 0.0531. The maximum absolute atomic E-state index is 12.3. The molecule has 0 spiro atoms. The summed E-state index contributed by atoms with van der Waals surface area (Å²) in [7, 11) is 1.79. The smallest absolute Gasteiger partial charge is 0.355 e. The maximum Gasteiger partial charge on any atom is 0.355 e. The van der Waals surface area contributed by atoms with Gasteiger partial charge in [-0.3, -0.25) is 4.79 Å². The second kappa shape index (κ2) is 6.14. The number of rotatable bonds is 3. The molecular weight excluding hydrogens is 264 g/mol. The molecule has 1 aliphatic rings.